The van der Waals surface area contributed by atoms with Gasteiger partial charge in [0.2, 0.25) is 9.05 Å². The minimum atomic E-state index is -4.75. The van der Waals surface area contributed by atoms with Crippen LogP contribution in [0.5, 0.6) is 5.75 Å². The molecule has 0 amide bonds. The fraction of sp³-hybridized carbons (Fsp3) is 0.455. The largest absolute Gasteiger partial charge is 0.491 e. The zero-order valence-corrected chi connectivity index (χ0v) is 12.0. The van der Waals surface area contributed by atoms with Gasteiger partial charge in [-0.1, -0.05) is 12.1 Å². The second-order valence-electron chi connectivity index (χ2n) is 3.81. The maximum atomic E-state index is 13.0. The lowest BCUT2D eigenvalue weighted by Gasteiger charge is -2.17. The third kappa shape index (κ3) is 5.18. The van der Waals surface area contributed by atoms with Gasteiger partial charge < -0.3 is 9.47 Å². The van der Waals surface area contributed by atoms with Crippen molar-refractivity contribution in [2.75, 3.05) is 20.3 Å². The van der Waals surface area contributed by atoms with Crippen LogP contribution in [0.3, 0.4) is 0 Å². The van der Waals surface area contributed by atoms with E-state index < -0.39 is 37.9 Å². The molecule has 0 aliphatic carbocycles. The highest BCUT2D eigenvalue weighted by molar-refractivity contribution is 8.13. The van der Waals surface area contributed by atoms with Crippen LogP contribution in [-0.4, -0.2) is 28.7 Å². The molecule has 0 spiro atoms. The van der Waals surface area contributed by atoms with E-state index in [-0.39, 0.29) is 13.2 Å². The summed E-state index contributed by atoms with van der Waals surface area (Å²) < 4.78 is 70.8. The summed E-state index contributed by atoms with van der Waals surface area (Å²) in [4.78, 5) is 0. The molecule has 114 valence electrons. The number of alkyl halides is 3. The molecule has 0 fully saturated rings. The topological polar surface area (TPSA) is 52.6 Å². The monoisotopic (exact) mass is 332 g/mol. The van der Waals surface area contributed by atoms with Crippen LogP contribution < -0.4 is 4.74 Å². The third-order valence-electron chi connectivity index (χ3n) is 2.27. The highest BCUT2D eigenvalue weighted by atomic mass is 35.7. The van der Waals surface area contributed by atoms with E-state index in [1.807, 2.05) is 0 Å². The zero-order chi connectivity index (χ0) is 15.4. The van der Waals surface area contributed by atoms with Crippen LogP contribution in [0.2, 0.25) is 0 Å². The number of rotatable bonds is 6. The SMILES string of the molecule is COCCOc1cccc(CS(=O)(=O)Cl)c1C(F)(F)F. The Kier molecular flexibility index (Phi) is 5.67. The standard InChI is InChI=1S/C11H12ClF3O4S/c1-18-5-6-19-9-4-2-3-8(7-20(12,16)17)10(9)11(13,14)15/h2-4H,5-7H2,1H3. The summed E-state index contributed by atoms with van der Waals surface area (Å²) in [5.74, 6) is -1.38. The van der Waals surface area contributed by atoms with Crippen molar-refractivity contribution in [3.8, 4) is 5.75 Å². The van der Waals surface area contributed by atoms with Crippen LogP contribution in [0.25, 0.3) is 0 Å². The van der Waals surface area contributed by atoms with Crippen molar-refractivity contribution in [3.05, 3.63) is 29.3 Å². The smallest absolute Gasteiger partial charge is 0.420 e. The second-order valence-corrected chi connectivity index (χ2v) is 6.59. The molecule has 20 heavy (non-hydrogen) atoms. The molecule has 0 N–H and O–H groups in total. The van der Waals surface area contributed by atoms with Crippen molar-refractivity contribution in [1.29, 1.82) is 0 Å². The Morgan fingerprint density at radius 2 is 1.90 bits per heavy atom. The summed E-state index contributed by atoms with van der Waals surface area (Å²) in [7, 11) is 2.28. The van der Waals surface area contributed by atoms with Gasteiger partial charge in [0, 0.05) is 17.8 Å². The van der Waals surface area contributed by atoms with Gasteiger partial charge in [0.1, 0.15) is 17.9 Å². The molecule has 0 atom stereocenters. The number of benzene rings is 1. The van der Waals surface area contributed by atoms with Gasteiger partial charge in [-0.3, -0.25) is 0 Å². The summed E-state index contributed by atoms with van der Waals surface area (Å²) in [6, 6.07) is 3.43. The van der Waals surface area contributed by atoms with E-state index in [1.165, 1.54) is 13.2 Å². The lowest BCUT2D eigenvalue weighted by molar-refractivity contribution is -0.139. The highest BCUT2D eigenvalue weighted by Crippen LogP contribution is 2.39. The number of halogens is 4. The summed E-state index contributed by atoms with van der Waals surface area (Å²) in [6.07, 6.45) is -4.75. The van der Waals surface area contributed by atoms with Crippen molar-refractivity contribution >= 4 is 19.7 Å². The predicted octanol–water partition coefficient (Wildman–Crippen LogP) is 2.80. The summed E-state index contributed by atoms with van der Waals surface area (Å²) in [5.41, 5.74) is -1.59. The maximum Gasteiger partial charge on any atom is 0.420 e. The van der Waals surface area contributed by atoms with Gasteiger partial charge in [0.25, 0.3) is 0 Å². The first-order valence-electron chi connectivity index (χ1n) is 5.38. The molecule has 0 unspecified atom stereocenters. The molecule has 9 heteroatoms. The lowest BCUT2D eigenvalue weighted by Crippen LogP contribution is -2.15. The number of methoxy groups -OCH3 is 1. The van der Waals surface area contributed by atoms with E-state index in [4.69, 9.17) is 15.4 Å². The number of ether oxygens (including phenoxy) is 2. The molecule has 1 aromatic rings. The summed E-state index contributed by atoms with van der Waals surface area (Å²) in [5, 5.41) is 0. The molecule has 0 saturated heterocycles. The minimum Gasteiger partial charge on any atom is -0.491 e. The van der Waals surface area contributed by atoms with E-state index in [1.54, 1.807) is 0 Å². The van der Waals surface area contributed by atoms with Crippen LogP contribution in [0.15, 0.2) is 18.2 Å². The Labute approximate surface area is 118 Å². The third-order valence-corrected chi connectivity index (χ3v) is 3.25. The molecule has 4 nitrogen and oxygen atoms in total. The van der Waals surface area contributed by atoms with Gasteiger partial charge in [-0.15, -0.1) is 0 Å². The zero-order valence-electron chi connectivity index (χ0n) is 10.4. The molecule has 0 radical (unpaired) electrons. The van der Waals surface area contributed by atoms with Gasteiger partial charge in [0.05, 0.1) is 12.4 Å². The minimum absolute atomic E-state index is 0.0866. The quantitative estimate of drug-likeness (QED) is 0.594. The Morgan fingerprint density at radius 3 is 2.40 bits per heavy atom. The molecule has 1 rings (SSSR count). The van der Waals surface area contributed by atoms with Crippen LogP contribution in [0.4, 0.5) is 13.2 Å². The average molecular weight is 333 g/mol. The van der Waals surface area contributed by atoms with E-state index in [9.17, 15) is 21.6 Å². The van der Waals surface area contributed by atoms with Gasteiger partial charge in [-0.05, 0) is 11.6 Å². The Balaban J connectivity index is 3.21. The van der Waals surface area contributed by atoms with E-state index >= 15 is 0 Å². The van der Waals surface area contributed by atoms with Crippen molar-refractivity contribution in [3.63, 3.8) is 0 Å². The van der Waals surface area contributed by atoms with E-state index in [2.05, 4.69) is 4.74 Å². The molecular weight excluding hydrogens is 321 g/mol. The van der Waals surface area contributed by atoms with Crippen molar-refractivity contribution in [2.24, 2.45) is 0 Å². The summed E-state index contributed by atoms with van der Waals surface area (Å²) in [6.45, 7) is 0.0198. The molecule has 0 aliphatic heterocycles. The van der Waals surface area contributed by atoms with Crippen molar-refractivity contribution in [2.45, 2.75) is 11.9 Å². The summed E-state index contributed by atoms with van der Waals surface area (Å²) >= 11 is 0. The fourth-order valence-corrected chi connectivity index (χ4v) is 2.52. The first-order chi connectivity index (χ1) is 9.15. The van der Waals surface area contributed by atoms with E-state index in [0.29, 0.717) is 0 Å². The first kappa shape index (κ1) is 17.1. The van der Waals surface area contributed by atoms with Gasteiger partial charge in [-0.25, -0.2) is 8.42 Å². The lowest BCUT2D eigenvalue weighted by atomic mass is 10.1. The highest BCUT2D eigenvalue weighted by Gasteiger charge is 2.37. The number of hydrogen-bond acceptors (Lipinski definition) is 4. The fourth-order valence-electron chi connectivity index (χ4n) is 1.56. The molecule has 0 aliphatic rings. The van der Waals surface area contributed by atoms with Crippen LogP contribution >= 0.6 is 10.7 Å². The maximum absolute atomic E-state index is 13.0. The van der Waals surface area contributed by atoms with Gasteiger partial charge in [0.15, 0.2) is 0 Å². The molecule has 0 saturated carbocycles. The number of hydrogen-bond donors (Lipinski definition) is 0. The van der Waals surface area contributed by atoms with Crippen molar-refractivity contribution < 1.29 is 31.1 Å². The molecular formula is C11H12ClF3O4S. The predicted molar refractivity (Wildman–Crippen MR) is 67.3 cm³/mol. The second kappa shape index (κ2) is 6.64. The van der Waals surface area contributed by atoms with E-state index in [0.717, 1.165) is 12.1 Å². The molecule has 0 aromatic heterocycles. The Hall–Kier alpha value is -0.990. The van der Waals surface area contributed by atoms with Crippen LogP contribution in [-0.2, 0) is 25.7 Å². The molecule has 0 heterocycles. The van der Waals surface area contributed by atoms with Crippen molar-refractivity contribution in [1.82, 2.24) is 0 Å². The molecule has 1 aromatic carbocycles. The first-order valence-corrected chi connectivity index (χ1v) is 7.86. The van der Waals surface area contributed by atoms with Crippen LogP contribution in [0, 0.1) is 0 Å². The average Bonchev–Trinajstić information content (AvgIpc) is 2.25. The van der Waals surface area contributed by atoms with Gasteiger partial charge >= 0.3 is 6.18 Å². The normalized spacial score (nSPS) is 12.4. The van der Waals surface area contributed by atoms with Crippen LogP contribution in [0.1, 0.15) is 11.1 Å². The van der Waals surface area contributed by atoms with Gasteiger partial charge in [-0.2, -0.15) is 13.2 Å². The molecule has 0 bridgehead atoms. The Morgan fingerprint density at radius 1 is 1.25 bits per heavy atom. The Bertz CT molecular complexity index is 557.